The summed E-state index contributed by atoms with van der Waals surface area (Å²) in [4.78, 5) is 18.9. The monoisotopic (exact) mass is 392 g/mol. The highest BCUT2D eigenvalue weighted by Crippen LogP contribution is 2.48. The van der Waals surface area contributed by atoms with Crippen molar-refractivity contribution in [2.45, 2.75) is 62.6 Å². The van der Waals surface area contributed by atoms with E-state index in [9.17, 15) is 4.79 Å². The highest BCUT2D eigenvalue weighted by molar-refractivity contribution is 7.99. The van der Waals surface area contributed by atoms with Crippen molar-refractivity contribution >= 4 is 11.8 Å². The summed E-state index contributed by atoms with van der Waals surface area (Å²) < 4.78 is 1.82. The van der Waals surface area contributed by atoms with Gasteiger partial charge in [0.05, 0.1) is 11.3 Å². The third-order valence-electron chi connectivity index (χ3n) is 6.04. The van der Waals surface area contributed by atoms with Gasteiger partial charge in [0.2, 0.25) is 0 Å². The number of aromatic nitrogens is 2. The van der Waals surface area contributed by atoms with Gasteiger partial charge in [0.15, 0.2) is 5.16 Å². The maximum absolute atomic E-state index is 13.8. The van der Waals surface area contributed by atoms with E-state index in [2.05, 4.69) is 37.4 Å². The Hall–Kier alpha value is -2.07. The van der Waals surface area contributed by atoms with Gasteiger partial charge in [0.25, 0.3) is 5.56 Å². The predicted octanol–water partition coefficient (Wildman–Crippen LogP) is 5.52. The molecule has 0 atom stereocenters. The Balaban J connectivity index is 1.97. The fourth-order valence-corrected chi connectivity index (χ4v) is 5.65. The smallest absolute Gasteiger partial charge is 0.258 e. The van der Waals surface area contributed by atoms with Gasteiger partial charge in [-0.05, 0) is 31.7 Å². The van der Waals surface area contributed by atoms with Gasteiger partial charge in [-0.3, -0.25) is 9.36 Å². The first-order chi connectivity index (χ1) is 13.6. The number of allylic oxidation sites excluding steroid dienone is 1. The van der Waals surface area contributed by atoms with Crippen LogP contribution in [0, 0.1) is 0 Å². The molecule has 2 aliphatic rings. The molecule has 1 spiro atoms. The minimum Gasteiger partial charge on any atom is -0.283 e. The van der Waals surface area contributed by atoms with Crippen LogP contribution in [0.4, 0.5) is 0 Å². The number of hydrogen-bond acceptors (Lipinski definition) is 3. The molecular weight excluding hydrogens is 364 g/mol. The molecule has 0 bridgehead atoms. The van der Waals surface area contributed by atoms with Crippen LogP contribution >= 0.6 is 11.8 Å². The van der Waals surface area contributed by atoms with E-state index < -0.39 is 0 Å². The highest BCUT2D eigenvalue weighted by Gasteiger charge is 2.43. The third-order valence-corrected chi connectivity index (χ3v) is 7.24. The minimum absolute atomic E-state index is 0.0630. The number of thioether (sulfide) groups is 1. The number of nitrogens with zero attached hydrogens (tertiary/aromatic N) is 2. The first kappa shape index (κ1) is 19.3. The number of rotatable bonds is 5. The zero-order valence-corrected chi connectivity index (χ0v) is 17.5. The molecule has 1 heterocycles. The lowest BCUT2D eigenvalue weighted by Crippen LogP contribution is -2.43. The van der Waals surface area contributed by atoms with Gasteiger partial charge in [-0.15, -0.1) is 6.58 Å². The topological polar surface area (TPSA) is 34.9 Å². The largest absolute Gasteiger partial charge is 0.283 e. The first-order valence-electron chi connectivity index (χ1n) is 10.2. The van der Waals surface area contributed by atoms with E-state index in [0.29, 0.717) is 6.54 Å². The maximum atomic E-state index is 13.8. The van der Waals surface area contributed by atoms with Crippen LogP contribution in [0.1, 0.15) is 50.2 Å². The average molecular weight is 393 g/mol. The molecule has 0 amide bonds. The second-order valence-electron chi connectivity index (χ2n) is 8.24. The molecule has 1 fully saturated rings. The summed E-state index contributed by atoms with van der Waals surface area (Å²) in [5, 5.41) is 0.773. The van der Waals surface area contributed by atoms with Crippen molar-refractivity contribution in [1.82, 2.24) is 9.55 Å². The van der Waals surface area contributed by atoms with Gasteiger partial charge in [0, 0.05) is 23.3 Å². The van der Waals surface area contributed by atoms with E-state index in [1.807, 2.05) is 11.5 Å². The van der Waals surface area contributed by atoms with Crippen LogP contribution in [0.15, 0.2) is 59.0 Å². The lowest BCUT2D eigenvalue weighted by Gasteiger charge is -2.42. The second kappa shape index (κ2) is 7.75. The number of fused-ring (bicyclic) bond motifs is 4. The SMILES string of the molecule is C=CCn1c(SCC(=C)C)nc2c(c1=O)C1(CCCCC1)Cc1ccccc1-2. The van der Waals surface area contributed by atoms with Crippen LogP contribution in [-0.4, -0.2) is 15.3 Å². The molecule has 2 aliphatic carbocycles. The van der Waals surface area contributed by atoms with Crippen LogP contribution in [0.2, 0.25) is 0 Å². The van der Waals surface area contributed by atoms with Crippen LogP contribution < -0.4 is 5.56 Å². The van der Waals surface area contributed by atoms with E-state index in [4.69, 9.17) is 4.98 Å². The molecule has 0 saturated heterocycles. The normalized spacial score (nSPS) is 17.0. The Morgan fingerprint density at radius 2 is 2.04 bits per heavy atom. The van der Waals surface area contributed by atoms with E-state index in [1.54, 1.807) is 17.8 Å². The van der Waals surface area contributed by atoms with Crippen LogP contribution in [-0.2, 0) is 18.4 Å². The Labute approximate surface area is 171 Å². The standard InChI is InChI=1S/C24H28N2OS/c1-4-14-26-22(27)20-21(25-23(26)28-16-17(2)3)19-11-7-6-10-18(19)15-24(20)12-8-5-9-13-24/h4,6-7,10-11H,1-2,5,8-9,12-16H2,3H3. The van der Waals surface area contributed by atoms with Crippen molar-refractivity contribution in [1.29, 1.82) is 0 Å². The molecule has 0 radical (unpaired) electrons. The van der Waals surface area contributed by atoms with E-state index >= 15 is 0 Å². The summed E-state index contributed by atoms with van der Waals surface area (Å²) >= 11 is 1.60. The minimum atomic E-state index is -0.0630. The zero-order chi connectivity index (χ0) is 19.7. The molecular formula is C24H28N2OS. The van der Waals surface area contributed by atoms with Gasteiger partial charge < -0.3 is 0 Å². The summed E-state index contributed by atoms with van der Waals surface area (Å²) in [6.07, 6.45) is 8.56. The van der Waals surface area contributed by atoms with Gasteiger partial charge in [0.1, 0.15) is 0 Å². The molecule has 0 aliphatic heterocycles. The molecule has 1 saturated carbocycles. The average Bonchev–Trinajstić information content (AvgIpc) is 2.69. The maximum Gasteiger partial charge on any atom is 0.258 e. The number of benzene rings is 1. The van der Waals surface area contributed by atoms with Crippen molar-refractivity contribution < 1.29 is 0 Å². The summed E-state index contributed by atoms with van der Waals surface area (Å²) in [6, 6.07) is 8.50. The third kappa shape index (κ3) is 3.28. The predicted molar refractivity (Wildman–Crippen MR) is 118 cm³/mol. The Morgan fingerprint density at radius 3 is 2.75 bits per heavy atom. The van der Waals surface area contributed by atoms with E-state index in [-0.39, 0.29) is 11.0 Å². The van der Waals surface area contributed by atoms with Crippen molar-refractivity contribution in [2.24, 2.45) is 0 Å². The highest BCUT2D eigenvalue weighted by atomic mass is 32.2. The molecule has 146 valence electrons. The van der Waals surface area contributed by atoms with E-state index in [0.717, 1.165) is 52.6 Å². The van der Waals surface area contributed by atoms with Crippen molar-refractivity contribution in [3.63, 3.8) is 0 Å². The zero-order valence-electron chi connectivity index (χ0n) is 16.7. The summed E-state index contributed by atoms with van der Waals surface area (Å²) in [5.41, 5.74) is 5.48. The van der Waals surface area contributed by atoms with Crippen LogP contribution in [0.5, 0.6) is 0 Å². The van der Waals surface area contributed by atoms with Gasteiger partial charge in [-0.25, -0.2) is 4.98 Å². The molecule has 3 nitrogen and oxygen atoms in total. The lowest BCUT2D eigenvalue weighted by molar-refractivity contribution is 0.282. The van der Waals surface area contributed by atoms with Gasteiger partial charge in [-0.1, -0.05) is 73.5 Å². The molecule has 0 unspecified atom stereocenters. The Kier molecular flexibility index (Phi) is 5.33. The van der Waals surface area contributed by atoms with Gasteiger partial charge in [-0.2, -0.15) is 0 Å². The van der Waals surface area contributed by atoms with Crippen molar-refractivity contribution in [3.8, 4) is 11.3 Å². The van der Waals surface area contributed by atoms with Crippen molar-refractivity contribution in [2.75, 3.05) is 5.75 Å². The van der Waals surface area contributed by atoms with Gasteiger partial charge >= 0.3 is 0 Å². The van der Waals surface area contributed by atoms with Crippen molar-refractivity contribution in [3.05, 3.63) is 70.6 Å². The molecule has 4 heteroatoms. The Bertz CT molecular complexity index is 983. The summed E-state index contributed by atoms with van der Waals surface area (Å²) in [7, 11) is 0. The molecule has 0 N–H and O–H groups in total. The fraction of sp³-hybridized carbons (Fsp3) is 0.417. The van der Waals surface area contributed by atoms with E-state index in [1.165, 1.54) is 24.8 Å². The Morgan fingerprint density at radius 1 is 1.29 bits per heavy atom. The molecule has 28 heavy (non-hydrogen) atoms. The molecule has 2 aromatic rings. The first-order valence-corrected chi connectivity index (χ1v) is 11.2. The van der Waals surface area contributed by atoms with Crippen LogP contribution in [0.25, 0.3) is 11.3 Å². The van der Waals surface area contributed by atoms with Crippen LogP contribution in [0.3, 0.4) is 0 Å². The second-order valence-corrected chi connectivity index (χ2v) is 9.19. The fourth-order valence-electron chi connectivity index (χ4n) is 4.81. The molecule has 1 aromatic carbocycles. The molecule has 1 aromatic heterocycles. The molecule has 4 rings (SSSR count). The number of hydrogen-bond donors (Lipinski definition) is 0. The quantitative estimate of drug-likeness (QED) is 0.382. The lowest BCUT2D eigenvalue weighted by atomic mass is 9.62. The summed E-state index contributed by atoms with van der Waals surface area (Å²) in [5.74, 6) is 0.759. The summed E-state index contributed by atoms with van der Waals surface area (Å²) in [6.45, 7) is 10.4.